The number of cyclic esters (lactones) is 1. The number of anilines is 1. The summed E-state index contributed by atoms with van der Waals surface area (Å²) in [5.41, 5.74) is 1.95. The second-order valence-electron chi connectivity index (χ2n) is 5.94. The lowest BCUT2D eigenvalue weighted by molar-refractivity contribution is 0.110. The van der Waals surface area contributed by atoms with Gasteiger partial charge in [-0.25, -0.2) is 4.79 Å². The molecule has 0 saturated carbocycles. The van der Waals surface area contributed by atoms with E-state index < -0.39 is 0 Å². The first-order valence-electron chi connectivity index (χ1n) is 7.98. The van der Waals surface area contributed by atoms with E-state index in [9.17, 15) is 9.90 Å². The number of hydrogen-bond donors (Lipinski definition) is 2. The van der Waals surface area contributed by atoms with Crippen molar-refractivity contribution >= 4 is 11.8 Å². The Kier molecular flexibility index (Phi) is 5.80. The minimum atomic E-state index is -0.343. The van der Waals surface area contributed by atoms with Crippen molar-refractivity contribution in [1.82, 2.24) is 5.32 Å². The number of benzene rings is 1. The van der Waals surface area contributed by atoms with Crippen LogP contribution in [0.4, 0.5) is 10.5 Å². The summed E-state index contributed by atoms with van der Waals surface area (Å²) in [7, 11) is 0. The lowest BCUT2D eigenvalue weighted by atomic mass is 10.0. The van der Waals surface area contributed by atoms with Gasteiger partial charge in [0.1, 0.15) is 6.61 Å². The summed E-state index contributed by atoms with van der Waals surface area (Å²) in [5.74, 6) is 0.283. The molecular weight excluding hydrogens is 280 g/mol. The van der Waals surface area contributed by atoms with Crippen LogP contribution in [0.5, 0.6) is 0 Å². The predicted octanol–water partition coefficient (Wildman–Crippen LogP) is 2.70. The molecule has 0 aliphatic carbocycles. The summed E-state index contributed by atoms with van der Waals surface area (Å²) in [4.78, 5) is 13.3. The standard InChI is InChI=1S/C17H26N2O3/c1-4-12(2)16(20)11-18-13(3)14-6-5-7-15(10-14)19-8-9-22-17(19)21/h5-7,10,12-13,16,18,20H,4,8-9,11H2,1-3H3. The average molecular weight is 306 g/mol. The van der Waals surface area contributed by atoms with E-state index in [0.29, 0.717) is 19.7 Å². The maximum atomic E-state index is 11.6. The zero-order valence-electron chi connectivity index (χ0n) is 13.6. The van der Waals surface area contributed by atoms with Crippen LogP contribution < -0.4 is 10.2 Å². The lowest BCUT2D eigenvalue weighted by Gasteiger charge is -2.22. The molecule has 1 amide bonds. The van der Waals surface area contributed by atoms with E-state index in [4.69, 9.17) is 4.74 Å². The van der Waals surface area contributed by atoms with Gasteiger partial charge in [-0.1, -0.05) is 32.4 Å². The molecule has 5 heteroatoms. The molecule has 0 radical (unpaired) electrons. The second kappa shape index (κ2) is 7.61. The average Bonchev–Trinajstić information content (AvgIpc) is 2.97. The van der Waals surface area contributed by atoms with Gasteiger partial charge in [0.2, 0.25) is 0 Å². The van der Waals surface area contributed by atoms with E-state index in [1.807, 2.05) is 24.3 Å². The first-order valence-corrected chi connectivity index (χ1v) is 7.98. The fraction of sp³-hybridized carbons (Fsp3) is 0.588. The Bertz CT molecular complexity index is 506. The van der Waals surface area contributed by atoms with Crippen LogP contribution >= 0.6 is 0 Å². The molecule has 1 heterocycles. The quantitative estimate of drug-likeness (QED) is 0.813. The van der Waals surface area contributed by atoms with Crippen molar-refractivity contribution < 1.29 is 14.6 Å². The Labute approximate surface area is 132 Å². The van der Waals surface area contributed by atoms with Gasteiger partial charge < -0.3 is 15.2 Å². The molecule has 1 aliphatic rings. The summed E-state index contributed by atoms with van der Waals surface area (Å²) in [6, 6.07) is 7.99. The number of amides is 1. The van der Waals surface area contributed by atoms with Gasteiger partial charge in [-0.3, -0.25) is 4.90 Å². The molecule has 1 aromatic carbocycles. The van der Waals surface area contributed by atoms with Crippen molar-refractivity contribution in [2.24, 2.45) is 5.92 Å². The molecule has 1 aromatic rings. The lowest BCUT2D eigenvalue weighted by Crippen LogP contribution is -2.33. The number of aliphatic hydroxyl groups is 1. The Morgan fingerprint density at radius 2 is 2.18 bits per heavy atom. The van der Waals surface area contributed by atoms with Gasteiger partial charge in [0.25, 0.3) is 0 Å². The van der Waals surface area contributed by atoms with Crippen molar-refractivity contribution in [3.8, 4) is 0 Å². The number of carbonyl (C=O) groups excluding carboxylic acids is 1. The smallest absolute Gasteiger partial charge is 0.414 e. The van der Waals surface area contributed by atoms with E-state index in [1.165, 1.54) is 0 Å². The van der Waals surface area contributed by atoms with Crippen LogP contribution in [0.15, 0.2) is 24.3 Å². The molecule has 1 fully saturated rings. The van der Waals surface area contributed by atoms with Gasteiger partial charge in [0, 0.05) is 18.3 Å². The Hall–Kier alpha value is -1.59. The third kappa shape index (κ3) is 3.99. The zero-order valence-corrected chi connectivity index (χ0v) is 13.6. The number of rotatable bonds is 7. The van der Waals surface area contributed by atoms with Crippen LogP contribution in [0, 0.1) is 5.92 Å². The third-order valence-electron chi connectivity index (χ3n) is 4.38. The Balaban J connectivity index is 1.98. The second-order valence-corrected chi connectivity index (χ2v) is 5.94. The molecule has 2 rings (SSSR count). The molecule has 2 N–H and O–H groups in total. The maximum Gasteiger partial charge on any atom is 0.414 e. The molecular formula is C17H26N2O3. The van der Waals surface area contributed by atoms with Crippen molar-refractivity contribution in [2.45, 2.75) is 39.3 Å². The van der Waals surface area contributed by atoms with E-state index in [0.717, 1.165) is 17.7 Å². The van der Waals surface area contributed by atoms with E-state index in [-0.39, 0.29) is 24.2 Å². The highest BCUT2D eigenvalue weighted by molar-refractivity contribution is 5.89. The fourth-order valence-corrected chi connectivity index (χ4v) is 2.48. The summed E-state index contributed by atoms with van der Waals surface area (Å²) in [6.07, 6.45) is 0.332. The first-order chi connectivity index (χ1) is 10.5. The molecule has 1 saturated heterocycles. The highest BCUT2D eigenvalue weighted by Gasteiger charge is 2.24. The number of nitrogens with one attached hydrogen (secondary N) is 1. The van der Waals surface area contributed by atoms with Gasteiger partial charge in [0.15, 0.2) is 0 Å². The normalized spacial score (nSPS) is 18.9. The van der Waals surface area contributed by atoms with Crippen LogP contribution in [-0.4, -0.2) is 37.0 Å². The number of ether oxygens (including phenoxy) is 1. The highest BCUT2D eigenvalue weighted by Crippen LogP contribution is 2.23. The van der Waals surface area contributed by atoms with Crippen molar-refractivity contribution in [3.63, 3.8) is 0 Å². The highest BCUT2D eigenvalue weighted by atomic mass is 16.6. The van der Waals surface area contributed by atoms with E-state index in [1.54, 1.807) is 4.90 Å². The summed E-state index contributed by atoms with van der Waals surface area (Å²) < 4.78 is 4.98. The van der Waals surface area contributed by atoms with Crippen LogP contribution in [0.3, 0.4) is 0 Å². The van der Waals surface area contributed by atoms with Gasteiger partial charge in [-0.15, -0.1) is 0 Å². The SMILES string of the molecule is CCC(C)C(O)CNC(C)c1cccc(N2CCOC2=O)c1. The Morgan fingerprint density at radius 3 is 2.82 bits per heavy atom. The van der Waals surface area contributed by atoms with Crippen molar-refractivity contribution in [1.29, 1.82) is 0 Å². The summed E-state index contributed by atoms with van der Waals surface area (Å²) in [5, 5.41) is 13.4. The van der Waals surface area contributed by atoms with Crippen LogP contribution in [0.2, 0.25) is 0 Å². The topological polar surface area (TPSA) is 61.8 Å². The maximum absolute atomic E-state index is 11.6. The van der Waals surface area contributed by atoms with Crippen LogP contribution in [-0.2, 0) is 4.74 Å². The number of hydrogen-bond acceptors (Lipinski definition) is 4. The van der Waals surface area contributed by atoms with Crippen LogP contribution in [0.25, 0.3) is 0 Å². The van der Waals surface area contributed by atoms with Gasteiger partial charge in [-0.2, -0.15) is 0 Å². The minimum Gasteiger partial charge on any atom is -0.447 e. The van der Waals surface area contributed by atoms with Crippen molar-refractivity contribution in [3.05, 3.63) is 29.8 Å². The van der Waals surface area contributed by atoms with Gasteiger partial charge in [0.05, 0.1) is 12.6 Å². The van der Waals surface area contributed by atoms with Crippen LogP contribution in [0.1, 0.15) is 38.8 Å². The number of carbonyl (C=O) groups is 1. The molecule has 1 aliphatic heterocycles. The molecule has 5 nitrogen and oxygen atoms in total. The first kappa shape index (κ1) is 16.8. The zero-order chi connectivity index (χ0) is 16.1. The molecule has 122 valence electrons. The molecule has 0 spiro atoms. The van der Waals surface area contributed by atoms with Gasteiger partial charge >= 0.3 is 6.09 Å². The molecule has 3 unspecified atom stereocenters. The monoisotopic (exact) mass is 306 g/mol. The van der Waals surface area contributed by atoms with Crippen molar-refractivity contribution in [2.75, 3.05) is 24.6 Å². The predicted molar refractivity (Wildman–Crippen MR) is 87.0 cm³/mol. The molecule has 0 bridgehead atoms. The molecule has 3 atom stereocenters. The van der Waals surface area contributed by atoms with Gasteiger partial charge in [-0.05, 0) is 30.5 Å². The Morgan fingerprint density at radius 1 is 1.41 bits per heavy atom. The van der Waals surface area contributed by atoms with E-state index >= 15 is 0 Å². The molecule has 22 heavy (non-hydrogen) atoms. The minimum absolute atomic E-state index is 0.109. The fourth-order valence-electron chi connectivity index (χ4n) is 2.48. The third-order valence-corrected chi connectivity index (χ3v) is 4.38. The molecule has 0 aromatic heterocycles. The summed E-state index contributed by atoms with van der Waals surface area (Å²) >= 11 is 0. The van der Waals surface area contributed by atoms with E-state index in [2.05, 4.69) is 26.1 Å². The number of nitrogens with zero attached hydrogens (tertiary/aromatic N) is 1. The summed E-state index contributed by atoms with van der Waals surface area (Å²) in [6.45, 7) is 7.79. The largest absolute Gasteiger partial charge is 0.447 e. The number of aliphatic hydroxyl groups excluding tert-OH is 1.